The smallest absolute Gasteiger partial charge is 0.219 e. The van der Waals surface area contributed by atoms with Gasteiger partial charge in [0.2, 0.25) is 5.88 Å². The van der Waals surface area contributed by atoms with Crippen LogP contribution >= 0.6 is 0 Å². The third-order valence-corrected chi connectivity index (χ3v) is 2.72. The number of pyridine rings is 1. The molecule has 0 saturated heterocycles. The van der Waals surface area contributed by atoms with E-state index in [2.05, 4.69) is 4.98 Å². The number of aliphatic hydroxyl groups excluding tert-OH is 1. The highest BCUT2D eigenvalue weighted by Crippen LogP contribution is 2.28. The van der Waals surface area contributed by atoms with Crippen LogP contribution in [-0.4, -0.2) is 37.7 Å². The first-order valence-electron chi connectivity index (χ1n) is 6.17. The average molecular weight is 267 g/mol. The Kier molecular flexibility index (Phi) is 7.10. The maximum Gasteiger partial charge on any atom is 0.219 e. The molecule has 0 amide bonds. The molecule has 0 unspecified atom stereocenters. The minimum absolute atomic E-state index is 0.00613. The lowest BCUT2D eigenvalue weighted by molar-refractivity contribution is -0.0396. The third-order valence-electron chi connectivity index (χ3n) is 2.72. The molecule has 0 spiro atoms. The molecule has 5 heteroatoms. The van der Waals surface area contributed by atoms with Gasteiger partial charge in [-0.1, -0.05) is 13.0 Å². The lowest BCUT2D eigenvalue weighted by Gasteiger charge is -2.14. The van der Waals surface area contributed by atoms with Crippen molar-refractivity contribution in [1.82, 2.24) is 4.98 Å². The van der Waals surface area contributed by atoms with Crippen LogP contribution < -0.4 is 4.74 Å². The Morgan fingerprint density at radius 2 is 2.21 bits per heavy atom. The molecule has 0 fully saturated rings. The van der Waals surface area contributed by atoms with E-state index in [1.54, 1.807) is 26.5 Å². The molecule has 1 aromatic heterocycles. The van der Waals surface area contributed by atoms with Crippen molar-refractivity contribution in [1.29, 1.82) is 0 Å². The fourth-order valence-electron chi connectivity index (χ4n) is 1.87. The van der Waals surface area contributed by atoms with Crippen molar-refractivity contribution < 1.29 is 19.3 Å². The summed E-state index contributed by atoms with van der Waals surface area (Å²) in [4.78, 5) is 4.18. The molecule has 0 saturated carbocycles. The number of hydrogen-bond donors (Lipinski definition) is 1. The Morgan fingerprint density at radius 1 is 1.42 bits per heavy atom. The number of rotatable bonds is 8. The van der Waals surface area contributed by atoms with Crippen LogP contribution in [0.25, 0.3) is 5.57 Å². The lowest BCUT2D eigenvalue weighted by atomic mass is 9.99. The average Bonchev–Trinajstić information content (AvgIpc) is 2.45. The van der Waals surface area contributed by atoms with Gasteiger partial charge in [0, 0.05) is 18.9 Å². The van der Waals surface area contributed by atoms with Crippen LogP contribution in [-0.2, 0) is 16.1 Å². The summed E-state index contributed by atoms with van der Waals surface area (Å²) in [6.45, 7) is 2.60. The molecule has 0 bridgehead atoms. The highest BCUT2D eigenvalue weighted by molar-refractivity contribution is 5.69. The van der Waals surface area contributed by atoms with Gasteiger partial charge in [-0.05, 0) is 23.6 Å². The van der Waals surface area contributed by atoms with Gasteiger partial charge in [0.25, 0.3) is 0 Å². The van der Waals surface area contributed by atoms with Crippen molar-refractivity contribution in [2.75, 3.05) is 27.6 Å². The molecule has 5 nitrogen and oxygen atoms in total. The van der Waals surface area contributed by atoms with Crippen molar-refractivity contribution in [2.24, 2.45) is 0 Å². The molecule has 0 radical (unpaired) electrons. The number of methoxy groups -OCH3 is 2. The van der Waals surface area contributed by atoms with E-state index in [0.717, 1.165) is 23.1 Å². The fraction of sp³-hybridized carbons (Fsp3) is 0.500. The summed E-state index contributed by atoms with van der Waals surface area (Å²) in [5, 5.41) is 9.09. The Hall–Kier alpha value is -1.43. The van der Waals surface area contributed by atoms with E-state index in [9.17, 15) is 0 Å². The normalized spacial score (nSPS) is 11.7. The quantitative estimate of drug-likeness (QED) is 0.576. The van der Waals surface area contributed by atoms with E-state index in [0.29, 0.717) is 12.5 Å². The second-order valence-corrected chi connectivity index (χ2v) is 3.87. The predicted octanol–water partition coefficient (Wildman–Crippen LogP) is 2.00. The summed E-state index contributed by atoms with van der Waals surface area (Å²) >= 11 is 0. The van der Waals surface area contributed by atoms with Crippen molar-refractivity contribution >= 4 is 5.57 Å². The topological polar surface area (TPSA) is 60.8 Å². The molecule has 0 atom stereocenters. The highest BCUT2D eigenvalue weighted by atomic mass is 16.7. The van der Waals surface area contributed by atoms with Gasteiger partial charge < -0.3 is 19.3 Å². The molecule has 1 N–H and O–H groups in total. The van der Waals surface area contributed by atoms with Gasteiger partial charge in [0.15, 0.2) is 0 Å². The minimum Gasteiger partial charge on any atom is -0.481 e. The van der Waals surface area contributed by atoms with Gasteiger partial charge in [-0.15, -0.1) is 0 Å². The molecule has 0 aliphatic carbocycles. The second kappa shape index (κ2) is 8.63. The summed E-state index contributed by atoms with van der Waals surface area (Å²) in [7, 11) is 3.15. The zero-order valence-corrected chi connectivity index (χ0v) is 11.7. The first-order valence-corrected chi connectivity index (χ1v) is 6.17. The number of allylic oxidation sites excluding steroid dienone is 1. The maximum absolute atomic E-state index is 9.09. The van der Waals surface area contributed by atoms with Crippen LogP contribution in [0.1, 0.15) is 24.5 Å². The second-order valence-electron chi connectivity index (χ2n) is 3.87. The first-order chi connectivity index (χ1) is 9.28. The van der Waals surface area contributed by atoms with Crippen molar-refractivity contribution in [3.63, 3.8) is 0 Å². The summed E-state index contributed by atoms with van der Waals surface area (Å²) < 4.78 is 15.5. The van der Waals surface area contributed by atoms with Crippen molar-refractivity contribution in [2.45, 2.75) is 20.0 Å². The summed E-state index contributed by atoms with van der Waals surface area (Å²) in [5.41, 5.74) is 2.89. The van der Waals surface area contributed by atoms with E-state index < -0.39 is 0 Å². The number of hydrogen-bond acceptors (Lipinski definition) is 5. The Bertz CT molecular complexity index is 418. The minimum atomic E-state index is 0.00613. The zero-order chi connectivity index (χ0) is 14.1. The van der Waals surface area contributed by atoms with E-state index in [4.69, 9.17) is 19.3 Å². The third kappa shape index (κ3) is 4.31. The number of ether oxygens (including phenoxy) is 3. The zero-order valence-electron chi connectivity index (χ0n) is 11.7. The Balaban J connectivity index is 3.10. The van der Waals surface area contributed by atoms with Gasteiger partial charge in [-0.3, -0.25) is 0 Å². The summed E-state index contributed by atoms with van der Waals surface area (Å²) in [6, 6.07) is 1.90. The van der Waals surface area contributed by atoms with Crippen LogP contribution in [0.15, 0.2) is 18.3 Å². The largest absolute Gasteiger partial charge is 0.481 e. The van der Waals surface area contributed by atoms with Crippen LogP contribution in [0.2, 0.25) is 0 Å². The number of aliphatic hydroxyl groups is 1. The van der Waals surface area contributed by atoms with Gasteiger partial charge in [0.1, 0.15) is 6.79 Å². The van der Waals surface area contributed by atoms with Crippen molar-refractivity contribution in [3.8, 4) is 5.88 Å². The summed E-state index contributed by atoms with van der Waals surface area (Å²) in [5.74, 6) is 0.533. The molecular weight excluding hydrogens is 246 g/mol. The SMILES string of the molecule is CC/C(=C\CO)c1ccnc(OC)c1COCOC. The molecular formula is C14H21NO4. The van der Waals surface area contributed by atoms with Crippen LogP contribution in [0.4, 0.5) is 0 Å². The lowest BCUT2D eigenvalue weighted by Crippen LogP contribution is -2.04. The standard InChI is InChI=1S/C14H21NO4/c1-4-11(6-8-16)12-5-7-15-14(18-3)13(12)9-19-10-17-2/h5-7,16H,4,8-10H2,1-3H3/b11-6+. The van der Waals surface area contributed by atoms with E-state index in [1.165, 1.54) is 0 Å². The van der Waals surface area contributed by atoms with Crippen LogP contribution in [0, 0.1) is 0 Å². The van der Waals surface area contributed by atoms with Gasteiger partial charge in [-0.25, -0.2) is 4.98 Å². The Morgan fingerprint density at radius 3 is 2.79 bits per heavy atom. The predicted molar refractivity (Wildman–Crippen MR) is 72.8 cm³/mol. The summed E-state index contributed by atoms with van der Waals surface area (Å²) in [6.07, 6.45) is 4.29. The molecule has 0 aliphatic heterocycles. The van der Waals surface area contributed by atoms with Gasteiger partial charge in [0.05, 0.1) is 20.3 Å². The monoisotopic (exact) mass is 267 g/mol. The maximum atomic E-state index is 9.09. The highest BCUT2D eigenvalue weighted by Gasteiger charge is 2.13. The molecule has 0 aliphatic rings. The molecule has 0 aromatic carbocycles. The van der Waals surface area contributed by atoms with E-state index in [-0.39, 0.29) is 13.4 Å². The molecule has 106 valence electrons. The molecule has 1 aromatic rings. The van der Waals surface area contributed by atoms with Crippen LogP contribution in [0.3, 0.4) is 0 Å². The van der Waals surface area contributed by atoms with Crippen LogP contribution in [0.5, 0.6) is 5.88 Å². The molecule has 1 rings (SSSR count). The van der Waals surface area contributed by atoms with Crippen molar-refractivity contribution in [3.05, 3.63) is 29.5 Å². The fourth-order valence-corrected chi connectivity index (χ4v) is 1.87. The Labute approximate surface area is 113 Å². The molecule has 19 heavy (non-hydrogen) atoms. The van der Waals surface area contributed by atoms with Gasteiger partial charge >= 0.3 is 0 Å². The van der Waals surface area contributed by atoms with Gasteiger partial charge in [-0.2, -0.15) is 0 Å². The first kappa shape index (κ1) is 15.6. The number of aromatic nitrogens is 1. The van der Waals surface area contributed by atoms with E-state index in [1.807, 2.05) is 13.0 Å². The number of nitrogens with zero attached hydrogens (tertiary/aromatic N) is 1. The van der Waals surface area contributed by atoms with E-state index >= 15 is 0 Å². The molecule has 1 heterocycles.